The largest absolute Gasteiger partial charge is 0.465 e. The minimum atomic E-state index is -0.980. The van der Waals surface area contributed by atoms with Crippen molar-refractivity contribution in [2.24, 2.45) is 0 Å². The number of anilines is 5. The summed E-state index contributed by atoms with van der Waals surface area (Å²) < 4.78 is 15.2. The first-order valence-electron chi connectivity index (χ1n) is 12.2. The van der Waals surface area contributed by atoms with E-state index in [0.717, 1.165) is 0 Å². The molecule has 0 spiro atoms. The maximum atomic E-state index is 15.2. The van der Waals surface area contributed by atoms with Gasteiger partial charge < -0.3 is 25.1 Å². The minimum Gasteiger partial charge on any atom is -0.465 e. The lowest BCUT2D eigenvalue weighted by Gasteiger charge is -2.44. The predicted molar refractivity (Wildman–Crippen MR) is 149 cm³/mol. The van der Waals surface area contributed by atoms with E-state index in [2.05, 4.69) is 15.3 Å². The number of nitrogens with zero attached hydrogens (tertiary/aromatic N) is 6. The van der Waals surface area contributed by atoms with E-state index in [9.17, 15) is 14.7 Å². The van der Waals surface area contributed by atoms with E-state index in [1.165, 1.54) is 22.1 Å². The van der Waals surface area contributed by atoms with Crippen LogP contribution in [0.4, 0.5) is 38.0 Å². The molecule has 3 heterocycles. The molecule has 1 saturated heterocycles. The van der Waals surface area contributed by atoms with E-state index in [-0.39, 0.29) is 42.7 Å². The van der Waals surface area contributed by atoms with Gasteiger partial charge in [0.2, 0.25) is 5.95 Å². The number of hydrogen-bond donors (Lipinski definition) is 2. The van der Waals surface area contributed by atoms with Gasteiger partial charge in [0.15, 0.2) is 0 Å². The molecule has 2 aromatic carbocycles. The van der Waals surface area contributed by atoms with Crippen molar-refractivity contribution >= 4 is 64.0 Å². The summed E-state index contributed by atoms with van der Waals surface area (Å²) in [6.07, 6.45) is 0.433. The van der Waals surface area contributed by atoms with Crippen LogP contribution >= 0.6 is 23.2 Å². The molecule has 5 rings (SSSR count). The molecule has 2 amide bonds. The summed E-state index contributed by atoms with van der Waals surface area (Å²) in [5.41, 5.74) is 1.50. The van der Waals surface area contributed by atoms with Gasteiger partial charge in [-0.1, -0.05) is 29.3 Å². The molecule has 0 saturated carbocycles. The number of para-hydroxylation sites is 1. The second kappa shape index (κ2) is 10.4. The van der Waals surface area contributed by atoms with Gasteiger partial charge in [0.25, 0.3) is 5.91 Å². The Balaban J connectivity index is 1.35. The zero-order valence-electron chi connectivity index (χ0n) is 21.4. The number of amides is 2. The fourth-order valence-corrected chi connectivity index (χ4v) is 5.56. The van der Waals surface area contributed by atoms with Crippen LogP contribution in [0.15, 0.2) is 42.6 Å². The Labute approximate surface area is 234 Å². The fraction of sp³-hybridized carbons (Fsp3) is 0.308. The molecule has 2 atom stereocenters. The highest BCUT2D eigenvalue weighted by Gasteiger charge is 2.34. The third kappa shape index (κ3) is 4.99. The van der Waals surface area contributed by atoms with Crippen LogP contribution in [0.2, 0.25) is 10.0 Å². The second-order valence-corrected chi connectivity index (χ2v) is 10.5. The second-order valence-electron chi connectivity index (χ2n) is 9.65. The predicted octanol–water partition coefficient (Wildman–Crippen LogP) is 5.30. The van der Waals surface area contributed by atoms with E-state index in [0.29, 0.717) is 39.5 Å². The molecule has 2 aliphatic heterocycles. The average Bonchev–Trinajstić information content (AvgIpc) is 2.88. The van der Waals surface area contributed by atoms with Gasteiger partial charge in [-0.3, -0.25) is 9.69 Å². The monoisotopic (exact) mass is 573 g/mol. The number of nitrogens with one attached hydrogen (secondary N) is 1. The first-order valence-corrected chi connectivity index (χ1v) is 13.0. The summed E-state index contributed by atoms with van der Waals surface area (Å²) in [5, 5.41) is 13.1. The Morgan fingerprint density at radius 2 is 1.85 bits per heavy atom. The van der Waals surface area contributed by atoms with Crippen molar-refractivity contribution < 1.29 is 19.1 Å². The van der Waals surface area contributed by atoms with Crippen LogP contribution in [-0.4, -0.2) is 70.9 Å². The highest BCUT2D eigenvalue weighted by molar-refractivity contribution is 6.40. The summed E-state index contributed by atoms with van der Waals surface area (Å²) in [6, 6.07) is 9.27. The summed E-state index contributed by atoms with van der Waals surface area (Å²) >= 11 is 12.7. The molecule has 0 radical (unpaired) electrons. The Morgan fingerprint density at radius 1 is 1.13 bits per heavy atom. The van der Waals surface area contributed by atoms with Crippen molar-refractivity contribution in [2.45, 2.75) is 25.9 Å². The molecular weight excluding hydrogens is 548 g/mol. The van der Waals surface area contributed by atoms with Crippen molar-refractivity contribution in [3.05, 3.63) is 64.0 Å². The Morgan fingerprint density at radius 3 is 2.51 bits per heavy atom. The number of carbonyl (C=O) groups is 2. The van der Waals surface area contributed by atoms with Crippen LogP contribution in [0.5, 0.6) is 0 Å². The van der Waals surface area contributed by atoms with Crippen LogP contribution in [0.25, 0.3) is 0 Å². The molecule has 2 aliphatic rings. The first-order chi connectivity index (χ1) is 18.5. The number of aromatic nitrogens is 2. The molecule has 1 aromatic heterocycles. The zero-order chi connectivity index (χ0) is 28.0. The smallest absolute Gasteiger partial charge is 0.407 e. The van der Waals surface area contributed by atoms with Crippen LogP contribution in [0.3, 0.4) is 0 Å². The lowest BCUT2D eigenvalue weighted by Crippen LogP contribution is -2.58. The number of rotatable bonds is 4. The van der Waals surface area contributed by atoms with E-state index in [4.69, 9.17) is 23.2 Å². The lowest BCUT2D eigenvalue weighted by atomic mass is 10.1. The number of fused-ring (bicyclic) bond motifs is 1. The number of benzene rings is 2. The van der Waals surface area contributed by atoms with Gasteiger partial charge in [-0.2, -0.15) is 4.98 Å². The number of piperazine rings is 1. The minimum absolute atomic E-state index is 0.167. The van der Waals surface area contributed by atoms with Crippen LogP contribution in [-0.2, 0) is 0 Å². The topological polar surface area (TPSA) is 105 Å². The summed E-state index contributed by atoms with van der Waals surface area (Å²) in [4.78, 5) is 40.0. The van der Waals surface area contributed by atoms with Crippen molar-refractivity contribution in [1.29, 1.82) is 0 Å². The molecule has 0 aliphatic carbocycles. The van der Waals surface area contributed by atoms with E-state index in [1.807, 2.05) is 11.8 Å². The SMILES string of the molecule is CC1CN(c2ccc(Nc3ncc4c(n3)N(C)CN(c3c(Cl)cccc3Cl)C4=O)cc2F)C(C)CN1C(=O)O. The molecule has 2 unspecified atom stereocenters. The maximum absolute atomic E-state index is 15.2. The third-order valence-corrected chi connectivity index (χ3v) is 7.52. The van der Waals surface area contributed by atoms with Gasteiger partial charge in [-0.15, -0.1) is 0 Å². The number of carbonyl (C=O) groups excluding carboxylic acids is 1. The molecule has 204 valence electrons. The first kappa shape index (κ1) is 26.8. The highest BCUT2D eigenvalue weighted by atomic mass is 35.5. The number of halogens is 3. The Kier molecular flexibility index (Phi) is 7.13. The van der Waals surface area contributed by atoms with E-state index in [1.54, 1.807) is 49.2 Å². The molecule has 3 aromatic rings. The molecule has 1 fully saturated rings. The quantitative estimate of drug-likeness (QED) is 0.433. The normalized spacial score (nSPS) is 19.3. The Hall–Kier alpha value is -3.83. The summed E-state index contributed by atoms with van der Waals surface area (Å²) in [7, 11) is 1.78. The fourth-order valence-electron chi connectivity index (χ4n) is 4.96. The van der Waals surface area contributed by atoms with Gasteiger partial charge in [-0.25, -0.2) is 14.2 Å². The lowest BCUT2D eigenvalue weighted by molar-refractivity contribution is 0.0981. The number of hydrogen-bond acceptors (Lipinski definition) is 7. The van der Waals surface area contributed by atoms with Crippen molar-refractivity contribution in [2.75, 3.05) is 46.8 Å². The summed E-state index contributed by atoms with van der Waals surface area (Å²) in [5.74, 6) is -0.193. The standard InChI is InChI=1S/C26H26Cl2FN7O3/c1-14-12-35(26(38)39)15(2)11-34(14)21-8-7-16(9-20(21)29)31-25-30-10-17-23(32-25)33(3)13-36(24(17)37)22-18(27)5-4-6-19(22)28/h4-10,14-15H,11-13H2,1-3H3,(H,38,39)(H,30,31,32). The van der Waals surface area contributed by atoms with Gasteiger partial charge >= 0.3 is 6.09 Å². The molecule has 2 N–H and O–H groups in total. The molecule has 13 heteroatoms. The average molecular weight is 574 g/mol. The highest BCUT2D eigenvalue weighted by Crippen LogP contribution is 2.37. The molecular formula is C26H26Cl2FN7O3. The van der Waals surface area contributed by atoms with Crippen molar-refractivity contribution in [1.82, 2.24) is 14.9 Å². The maximum Gasteiger partial charge on any atom is 0.407 e. The van der Waals surface area contributed by atoms with Crippen LogP contribution < -0.4 is 20.0 Å². The summed E-state index contributed by atoms with van der Waals surface area (Å²) in [6.45, 7) is 4.50. The Bertz CT molecular complexity index is 1440. The van der Waals surface area contributed by atoms with Gasteiger partial charge in [0, 0.05) is 44.1 Å². The molecule has 0 bridgehead atoms. The van der Waals surface area contributed by atoms with Crippen LogP contribution in [0, 0.1) is 5.82 Å². The zero-order valence-corrected chi connectivity index (χ0v) is 22.9. The molecule has 10 nitrogen and oxygen atoms in total. The third-order valence-electron chi connectivity index (χ3n) is 6.91. The van der Waals surface area contributed by atoms with Crippen molar-refractivity contribution in [3.8, 4) is 0 Å². The van der Waals surface area contributed by atoms with Crippen LogP contribution in [0.1, 0.15) is 24.2 Å². The van der Waals surface area contributed by atoms with E-state index < -0.39 is 11.9 Å². The van der Waals surface area contributed by atoms with Gasteiger partial charge in [0.05, 0.1) is 28.1 Å². The van der Waals surface area contributed by atoms with E-state index >= 15 is 4.39 Å². The number of carboxylic acid groups (broad SMARTS) is 1. The van der Waals surface area contributed by atoms with Gasteiger partial charge in [-0.05, 0) is 44.2 Å². The van der Waals surface area contributed by atoms with Crippen molar-refractivity contribution in [3.63, 3.8) is 0 Å². The van der Waals surface area contributed by atoms with Gasteiger partial charge in [0.1, 0.15) is 17.2 Å². The molecule has 39 heavy (non-hydrogen) atoms.